The van der Waals surface area contributed by atoms with Gasteiger partial charge in [-0.2, -0.15) is 0 Å². The van der Waals surface area contributed by atoms with Gasteiger partial charge < -0.3 is 15.3 Å². The first kappa shape index (κ1) is 26.5. The topological polar surface area (TPSA) is 112 Å². The first-order valence-electron chi connectivity index (χ1n) is 4.88. The molecule has 1 radical (unpaired) electrons. The molecular formula is C12H18O6Pr. The molecule has 0 aromatic carbocycles. The molecule has 0 saturated carbocycles. The van der Waals surface area contributed by atoms with Crippen LogP contribution < -0.4 is 0 Å². The molecule has 19 heavy (non-hydrogen) atoms. The molecular weight excluding hydrogens is 381 g/mol. The van der Waals surface area contributed by atoms with Crippen molar-refractivity contribution >= 4 is 17.9 Å². The maximum Gasteiger partial charge on any atom is 0.327 e. The predicted octanol–water partition coefficient (Wildman–Crippen LogP) is 1.94. The molecule has 0 aliphatic carbocycles. The van der Waals surface area contributed by atoms with Gasteiger partial charge in [-0.15, -0.1) is 0 Å². The first-order chi connectivity index (χ1) is 8.31. The third-order valence-electron chi connectivity index (χ3n) is 0.928. The zero-order chi connectivity index (χ0) is 15.0. The van der Waals surface area contributed by atoms with E-state index in [1.165, 1.54) is 18.2 Å². The van der Waals surface area contributed by atoms with Crippen molar-refractivity contribution in [2.45, 2.75) is 20.8 Å². The van der Waals surface area contributed by atoms with Crippen LogP contribution in [0.5, 0.6) is 0 Å². The van der Waals surface area contributed by atoms with Gasteiger partial charge in [0.25, 0.3) is 0 Å². The van der Waals surface area contributed by atoms with E-state index in [4.69, 9.17) is 15.3 Å². The zero-order valence-corrected chi connectivity index (χ0v) is 14.8. The first-order valence-corrected chi connectivity index (χ1v) is 4.88. The van der Waals surface area contributed by atoms with Crippen molar-refractivity contribution in [1.29, 1.82) is 0 Å². The Morgan fingerprint density at radius 2 is 0.789 bits per heavy atom. The fraction of sp³-hybridized carbons (Fsp3) is 0.250. The minimum Gasteiger partial charge on any atom is -0.478 e. The largest absolute Gasteiger partial charge is 0.478 e. The number of carboxylic acids is 3. The van der Waals surface area contributed by atoms with Gasteiger partial charge in [0.2, 0.25) is 0 Å². The molecule has 0 rings (SSSR count). The van der Waals surface area contributed by atoms with E-state index in [9.17, 15) is 14.4 Å². The molecule has 7 heteroatoms. The summed E-state index contributed by atoms with van der Waals surface area (Å²) in [6.07, 6.45) is 7.67. The van der Waals surface area contributed by atoms with Crippen LogP contribution in [0, 0.1) is 41.3 Å². The molecule has 6 nitrogen and oxygen atoms in total. The van der Waals surface area contributed by atoms with E-state index in [1.807, 2.05) is 0 Å². The molecule has 0 saturated heterocycles. The average molecular weight is 399 g/mol. The van der Waals surface area contributed by atoms with Gasteiger partial charge in [-0.25, -0.2) is 14.4 Å². The predicted molar refractivity (Wildman–Crippen MR) is 67.3 cm³/mol. The van der Waals surface area contributed by atoms with Crippen molar-refractivity contribution in [3.8, 4) is 0 Å². The van der Waals surface area contributed by atoms with Crippen molar-refractivity contribution in [3.63, 3.8) is 0 Å². The summed E-state index contributed by atoms with van der Waals surface area (Å²) < 4.78 is 0. The summed E-state index contributed by atoms with van der Waals surface area (Å²) in [5.74, 6) is -2.67. The summed E-state index contributed by atoms with van der Waals surface area (Å²) in [7, 11) is 0. The van der Waals surface area contributed by atoms with Gasteiger partial charge >= 0.3 is 17.9 Å². The van der Waals surface area contributed by atoms with Gasteiger partial charge in [0.05, 0.1) is 0 Å². The van der Waals surface area contributed by atoms with Gasteiger partial charge in [-0.1, -0.05) is 18.2 Å². The van der Waals surface area contributed by atoms with Crippen LogP contribution in [0.2, 0.25) is 0 Å². The molecule has 0 fully saturated rings. The van der Waals surface area contributed by atoms with Crippen molar-refractivity contribution in [3.05, 3.63) is 36.5 Å². The molecule has 0 spiro atoms. The summed E-state index contributed by atoms with van der Waals surface area (Å²) in [6, 6.07) is 0. The molecule has 3 N–H and O–H groups in total. The summed E-state index contributed by atoms with van der Waals surface area (Å²) in [5, 5.41) is 23.5. The Labute approximate surface area is 145 Å². The minimum absolute atomic E-state index is 0. The van der Waals surface area contributed by atoms with E-state index in [2.05, 4.69) is 0 Å². The summed E-state index contributed by atoms with van der Waals surface area (Å²) in [5.41, 5.74) is 0. The summed E-state index contributed by atoms with van der Waals surface area (Å²) in [4.78, 5) is 28.5. The molecule has 0 aromatic rings. The number of hydrogen-bond acceptors (Lipinski definition) is 3. The van der Waals surface area contributed by atoms with Gasteiger partial charge in [-0.05, 0) is 20.8 Å². The van der Waals surface area contributed by atoms with Crippen LogP contribution in [-0.2, 0) is 14.4 Å². The summed E-state index contributed by atoms with van der Waals surface area (Å²) in [6.45, 7) is 4.98. The Morgan fingerprint density at radius 3 is 0.789 bits per heavy atom. The van der Waals surface area contributed by atoms with Crippen LogP contribution in [0.3, 0.4) is 0 Å². The molecule has 0 aliphatic rings. The number of carboxylic acid groups (broad SMARTS) is 3. The SMILES string of the molecule is C/C=C/C(=O)O.C/C=C/C(=O)O.C/C=C/C(=O)O.[Pr]. The number of aliphatic carboxylic acids is 3. The third kappa shape index (κ3) is 59.8. The monoisotopic (exact) mass is 399 g/mol. The van der Waals surface area contributed by atoms with Gasteiger partial charge in [-0.3, -0.25) is 0 Å². The molecule has 0 amide bonds. The average Bonchev–Trinajstić information content (AvgIpc) is 2.18. The standard InChI is InChI=1S/3C4H6O2.Pr/c3*1-2-3-4(5)6;/h3*2-3H,1H3,(H,5,6);/b3*3-2+;. The molecule has 0 atom stereocenters. The van der Waals surface area contributed by atoms with Gasteiger partial charge in [0.1, 0.15) is 0 Å². The maximum absolute atomic E-state index is 9.51. The van der Waals surface area contributed by atoms with E-state index in [-0.39, 0.29) is 41.3 Å². The smallest absolute Gasteiger partial charge is 0.327 e. The fourth-order valence-electron chi connectivity index (χ4n) is 0.428. The minimum atomic E-state index is -0.891. The van der Waals surface area contributed by atoms with E-state index < -0.39 is 17.9 Å². The molecule has 0 aromatic heterocycles. The van der Waals surface area contributed by atoms with Crippen molar-refractivity contribution < 1.29 is 71.0 Å². The number of rotatable bonds is 3. The van der Waals surface area contributed by atoms with Crippen LogP contribution in [0.25, 0.3) is 0 Å². The van der Waals surface area contributed by atoms with E-state index in [0.29, 0.717) is 0 Å². The second kappa shape index (κ2) is 22.2. The van der Waals surface area contributed by atoms with Crippen LogP contribution in [-0.4, -0.2) is 33.2 Å². The van der Waals surface area contributed by atoms with Crippen molar-refractivity contribution in [1.82, 2.24) is 0 Å². The normalized spacial score (nSPS) is 9.00. The maximum atomic E-state index is 9.51. The molecule has 0 aliphatic heterocycles. The molecule has 0 heterocycles. The van der Waals surface area contributed by atoms with E-state index in [1.54, 1.807) is 20.8 Å². The Kier molecular flexibility index (Phi) is 31.0. The number of hydrogen-bond donors (Lipinski definition) is 3. The molecule has 105 valence electrons. The Balaban J connectivity index is -0.0000000865. The van der Waals surface area contributed by atoms with Crippen molar-refractivity contribution in [2.75, 3.05) is 0 Å². The van der Waals surface area contributed by atoms with Gasteiger partial charge in [0, 0.05) is 59.5 Å². The fourth-order valence-corrected chi connectivity index (χ4v) is 0.428. The van der Waals surface area contributed by atoms with Crippen LogP contribution in [0.15, 0.2) is 36.5 Å². The van der Waals surface area contributed by atoms with Crippen LogP contribution in [0.1, 0.15) is 20.8 Å². The Morgan fingerprint density at radius 1 is 0.632 bits per heavy atom. The number of allylic oxidation sites excluding steroid dienone is 3. The van der Waals surface area contributed by atoms with E-state index >= 15 is 0 Å². The number of carbonyl (C=O) groups is 3. The summed E-state index contributed by atoms with van der Waals surface area (Å²) >= 11 is 0. The van der Waals surface area contributed by atoms with Crippen LogP contribution >= 0.6 is 0 Å². The molecule has 0 unspecified atom stereocenters. The Bertz CT molecular complexity index is 279. The van der Waals surface area contributed by atoms with E-state index in [0.717, 1.165) is 18.2 Å². The Hall–Kier alpha value is -1.01. The van der Waals surface area contributed by atoms with Crippen molar-refractivity contribution in [2.24, 2.45) is 0 Å². The second-order valence-electron chi connectivity index (χ2n) is 2.51. The zero-order valence-electron chi connectivity index (χ0n) is 11.1. The second-order valence-corrected chi connectivity index (χ2v) is 2.51. The third-order valence-corrected chi connectivity index (χ3v) is 0.928. The van der Waals surface area contributed by atoms with Gasteiger partial charge in [0.15, 0.2) is 0 Å². The van der Waals surface area contributed by atoms with Crippen LogP contribution in [0.4, 0.5) is 0 Å². The molecule has 0 bridgehead atoms. The quantitative estimate of drug-likeness (QED) is 0.626.